The summed E-state index contributed by atoms with van der Waals surface area (Å²) in [4.78, 5) is 35.5. The zero-order valence-electron chi connectivity index (χ0n) is 24.0. The van der Waals surface area contributed by atoms with Crippen LogP contribution in [0.4, 0.5) is 30.7 Å². The molecule has 9 nitrogen and oxygen atoms in total. The molecule has 0 atom stereocenters. The maximum absolute atomic E-state index is 13.3. The summed E-state index contributed by atoms with van der Waals surface area (Å²) in [7, 11) is 1.81. The number of H-pyrrole nitrogens is 1. The molecule has 2 aliphatic rings. The van der Waals surface area contributed by atoms with Crippen molar-refractivity contribution in [3.05, 3.63) is 93.2 Å². The first-order valence-corrected chi connectivity index (χ1v) is 13.5. The average molecular weight is 649 g/mol. The van der Waals surface area contributed by atoms with E-state index in [2.05, 4.69) is 45.2 Å². The predicted octanol–water partition coefficient (Wildman–Crippen LogP) is 4.67. The number of nitrogens with zero attached hydrogens (tertiary/aromatic N) is 3. The minimum absolute atomic E-state index is 0.0405. The number of nitrogens with one attached hydrogen (secondary N) is 1. The summed E-state index contributed by atoms with van der Waals surface area (Å²) in [5.41, 5.74) is 4.48. The summed E-state index contributed by atoms with van der Waals surface area (Å²) in [5, 5.41) is 17.6. The largest absolute Gasteiger partial charge is 0.490 e. The van der Waals surface area contributed by atoms with Gasteiger partial charge in [0, 0.05) is 44.3 Å². The maximum atomic E-state index is 13.3. The highest BCUT2D eigenvalue weighted by molar-refractivity contribution is 5.73. The van der Waals surface area contributed by atoms with Crippen LogP contribution in [0.3, 0.4) is 0 Å². The molecule has 2 aromatic carbocycles. The number of carboxylic acid groups (broad SMARTS) is 2. The molecule has 3 N–H and O–H groups in total. The van der Waals surface area contributed by atoms with Gasteiger partial charge in [-0.25, -0.2) is 14.0 Å². The molecule has 3 heterocycles. The molecule has 0 radical (unpaired) electrons. The van der Waals surface area contributed by atoms with Crippen molar-refractivity contribution in [2.75, 3.05) is 19.6 Å². The molecule has 0 amide bonds. The van der Waals surface area contributed by atoms with E-state index in [0.29, 0.717) is 6.54 Å². The molecule has 5 rings (SSSR count). The fraction of sp³-hybridized carbons (Fsp3) is 0.414. The number of benzene rings is 2. The number of aryl methyl sites for hydroxylation is 1. The van der Waals surface area contributed by atoms with Gasteiger partial charge in [0.15, 0.2) is 0 Å². The summed E-state index contributed by atoms with van der Waals surface area (Å²) in [6.07, 6.45) is -8.13. The van der Waals surface area contributed by atoms with Crippen LogP contribution in [0.5, 0.6) is 0 Å². The lowest BCUT2D eigenvalue weighted by Gasteiger charge is -2.47. The summed E-state index contributed by atoms with van der Waals surface area (Å²) < 4.78 is 78.4. The monoisotopic (exact) mass is 648 g/mol. The fourth-order valence-electron chi connectivity index (χ4n) is 5.32. The van der Waals surface area contributed by atoms with Gasteiger partial charge in [-0.2, -0.15) is 26.3 Å². The van der Waals surface area contributed by atoms with Crippen molar-refractivity contribution < 1.29 is 50.5 Å². The fourth-order valence-corrected chi connectivity index (χ4v) is 5.32. The quantitative estimate of drug-likeness (QED) is 0.352. The van der Waals surface area contributed by atoms with Crippen LogP contribution in [-0.2, 0) is 41.7 Å². The third-order valence-electron chi connectivity index (χ3n) is 7.45. The number of hydrogen-bond donors (Lipinski definition) is 3. The van der Waals surface area contributed by atoms with E-state index in [4.69, 9.17) is 19.8 Å². The lowest BCUT2D eigenvalue weighted by molar-refractivity contribution is -0.193. The van der Waals surface area contributed by atoms with Crippen LogP contribution in [0.15, 0.2) is 59.4 Å². The molecule has 2 aliphatic heterocycles. The summed E-state index contributed by atoms with van der Waals surface area (Å²) in [5.74, 6) is -5.73. The number of aromatic amines is 1. The Balaban J connectivity index is 0.000000331. The molecule has 45 heavy (non-hydrogen) atoms. The molecule has 0 unspecified atom stereocenters. The molecule has 1 saturated heterocycles. The number of aliphatic carboxylic acids is 2. The van der Waals surface area contributed by atoms with Gasteiger partial charge >= 0.3 is 24.3 Å². The van der Waals surface area contributed by atoms with Gasteiger partial charge in [0.25, 0.3) is 5.56 Å². The summed E-state index contributed by atoms with van der Waals surface area (Å²) in [6, 6.07) is 17.3. The third-order valence-corrected chi connectivity index (χ3v) is 7.45. The predicted molar refractivity (Wildman–Crippen MR) is 147 cm³/mol. The van der Waals surface area contributed by atoms with Gasteiger partial charge in [-0.1, -0.05) is 42.5 Å². The van der Waals surface area contributed by atoms with Crippen LogP contribution in [0.25, 0.3) is 0 Å². The van der Waals surface area contributed by atoms with E-state index in [1.807, 2.05) is 19.2 Å². The Morgan fingerprint density at radius 3 is 1.78 bits per heavy atom. The Morgan fingerprint density at radius 1 is 0.822 bits per heavy atom. The highest BCUT2D eigenvalue weighted by Gasteiger charge is 2.44. The topological polar surface area (TPSA) is 119 Å². The van der Waals surface area contributed by atoms with E-state index in [1.165, 1.54) is 17.7 Å². The van der Waals surface area contributed by atoms with Crippen molar-refractivity contribution in [1.82, 2.24) is 19.6 Å². The van der Waals surface area contributed by atoms with Crippen LogP contribution in [0.2, 0.25) is 0 Å². The number of aromatic nitrogens is 2. The highest BCUT2D eigenvalue weighted by Crippen LogP contribution is 2.40. The molecule has 246 valence electrons. The van der Waals surface area contributed by atoms with Gasteiger partial charge in [0.05, 0.1) is 5.56 Å². The van der Waals surface area contributed by atoms with E-state index in [0.717, 1.165) is 62.4 Å². The zero-order valence-corrected chi connectivity index (χ0v) is 24.0. The van der Waals surface area contributed by atoms with Gasteiger partial charge in [0.1, 0.15) is 5.82 Å². The molecule has 1 spiro atoms. The molecule has 0 bridgehead atoms. The van der Waals surface area contributed by atoms with Crippen LogP contribution < -0.4 is 5.56 Å². The molecule has 16 heteroatoms. The van der Waals surface area contributed by atoms with Crippen molar-refractivity contribution >= 4 is 11.9 Å². The van der Waals surface area contributed by atoms with Gasteiger partial charge < -0.3 is 10.2 Å². The van der Waals surface area contributed by atoms with Crippen LogP contribution in [-0.4, -0.2) is 73.7 Å². The Kier molecular flexibility index (Phi) is 11.2. The molecular formula is C29H31F7N4O5. The zero-order chi connectivity index (χ0) is 33.6. The molecule has 1 fully saturated rings. The van der Waals surface area contributed by atoms with E-state index in [-0.39, 0.29) is 16.8 Å². The van der Waals surface area contributed by atoms with Gasteiger partial charge in [-0.15, -0.1) is 0 Å². The first-order chi connectivity index (χ1) is 20.9. The molecule has 0 saturated carbocycles. The minimum Gasteiger partial charge on any atom is -0.475 e. The Morgan fingerprint density at radius 2 is 1.29 bits per heavy atom. The third kappa shape index (κ3) is 9.65. The maximum Gasteiger partial charge on any atom is 0.490 e. The SMILES string of the molecule is Cn1[nH]c2c(c1=O)CN(Cc1ccc(F)cc1)CC21CCN(Cc2ccccc2)CC1.O=C(O)C(F)(F)F.O=C(O)C(F)(F)F. The number of carboxylic acids is 2. The van der Waals surface area contributed by atoms with E-state index in [9.17, 15) is 35.5 Å². The van der Waals surface area contributed by atoms with Gasteiger partial charge in [0.2, 0.25) is 0 Å². The summed E-state index contributed by atoms with van der Waals surface area (Å²) >= 11 is 0. The average Bonchev–Trinajstić information content (AvgIpc) is 3.25. The standard InChI is InChI=1S/C25H29FN4O.2C2HF3O2/c1-28-24(31)22-17-30(16-20-7-9-21(26)10-8-20)18-25(23(22)27-28)11-13-29(14-12-25)15-19-5-3-2-4-6-19;2*3-2(4,5)1(6)7/h2-10,27H,11-18H2,1H3;2*(H,6,7). The molecule has 1 aromatic heterocycles. The first kappa shape index (κ1) is 35.3. The molecular weight excluding hydrogens is 617 g/mol. The second-order valence-electron chi connectivity index (χ2n) is 10.7. The van der Waals surface area contributed by atoms with Crippen LogP contribution in [0, 0.1) is 5.82 Å². The van der Waals surface area contributed by atoms with Crippen molar-refractivity contribution in [2.24, 2.45) is 7.05 Å². The van der Waals surface area contributed by atoms with Crippen molar-refractivity contribution in [3.8, 4) is 0 Å². The normalized spacial score (nSPS) is 16.5. The Bertz CT molecular complexity index is 1470. The minimum atomic E-state index is -5.08. The van der Waals surface area contributed by atoms with Crippen LogP contribution >= 0.6 is 0 Å². The lowest BCUT2D eigenvalue weighted by Crippen LogP contribution is -2.52. The van der Waals surface area contributed by atoms with Crippen LogP contribution in [0.1, 0.15) is 35.2 Å². The van der Waals surface area contributed by atoms with Crippen molar-refractivity contribution in [3.63, 3.8) is 0 Å². The molecule has 0 aliphatic carbocycles. The van der Waals surface area contributed by atoms with Gasteiger partial charge in [-0.05, 0) is 49.2 Å². The number of rotatable bonds is 4. The highest BCUT2D eigenvalue weighted by atomic mass is 19.4. The van der Waals surface area contributed by atoms with E-state index in [1.54, 1.807) is 4.68 Å². The Labute approximate surface area is 252 Å². The van der Waals surface area contributed by atoms with Gasteiger partial charge in [-0.3, -0.25) is 24.4 Å². The van der Waals surface area contributed by atoms with Crippen molar-refractivity contribution in [2.45, 2.75) is 50.2 Å². The number of carbonyl (C=O) groups is 2. The van der Waals surface area contributed by atoms with E-state index < -0.39 is 24.3 Å². The summed E-state index contributed by atoms with van der Waals surface area (Å²) in [6.45, 7) is 5.26. The number of fused-ring (bicyclic) bond motifs is 2. The van der Waals surface area contributed by atoms with Crippen molar-refractivity contribution in [1.29, 1.82) is 0 Å². The number of hydrogen-bond acceptors (Lipinski definition) is 5. The smallest absolute Gasteiger partial charge is 0.475 e. The van der Waals surface area contributed by atoms with E-state index >= 15 is 0 Å². The number of halogens is 7. The number of alkyl halides is 6. The number of piperidine rings is 1. The second kappa shape index (κ2) is 14.3. The number of likely N-dealkylation sites (tertiary alicyclic amines) is 1. The first-order valence-electron chi connectivity index (χ1n) is 13.5. The second-order valence-corrected chi connectivity index (χ2v) is 10.7. The molecule has 3 aromatic rings. The Hall–Kier alpha value is -4.18. The lowest BCUT2D eigenvalue weighted by atomic mass is 9.72.